The Hall–Kier alpha value is -2.21. The minimum absolute atomic E-state index is 0.0727. The van der Waals surface area contributed by atoms with Crippen LogP contribution in [0, 0.1) is 11.8 Å². The number of aryl methyl sites for hydroxylation is 1. The minimum atomic E-state index is -0.717. The number of piperidine rings is 1. The maximum atomic E-state index is 12.0. The molecule has 0 bridgehead atoms. The average Bonchev–Trinajstić information content (AvgIpc) is 3.24. The molecule has 3 atom stereocenters. The predicted octanol–water partition coefficient (Wildman–Crippen LogP) is 4.66. The number of aliphatic hydroxyl groups is 1. The molecule has 2 fully saturated rings. The second kappa shape index (κ2) is 11.7. The normalized spacial score (nSPS) is 24.0. The molecule has 3 unspecified atom stereocenters. The summed E-state index contributed by atoms with van der Waals surface area (Å²) >= 11 is 0. The summed E-state index contributed by atoms with van der Waals surface area (Å²) in [4.78, 5) is 16.7. The highest BCUT2D eigenvalue weighted by atomic mass is 16.4. The van der Waals surface area contributed by atoms with Crippen molar-refractivity contribution in [2.75, 3.05) is 32.7 Å². The van der Waals surface area contributed by atoms with Crippen molar-refractivity contribution in [2.45, 2.75) is 63.5 Å². The largest absolute Gasteiger partial charge is 0.480 e. The molecule has 2 aromatic carbocycles. The summed E-state index contributed by atoms with van der Waals surface area (Å²) in [5.74, 6) is 0.0836. The molecular weight excluding hydrogens is 436 g/mol. The molecule has 5 heteroatoms. The van der Waals surface area contributed by atoms with Gasteiger partial charge in [-0.2, -0.15) is 0 Å². The number of carboxylic acid groups (broad SMARTS) is 1. The molecular formula is C30H42N2O3. The minimum Gasteiger partial charge on any atom is -0.480 e. The molecule has 2 saturated heterocycles. The SMILES string of the molecule is CC(C)C(C(=O)O)N1CC(CN2CCC(O)(CCCc3ccccc3)CC2)C(c2ccccc2)C1. The molecule has 2 heterocycles. The Morgan fingerprint density at radius 3 is 2.23 bits per heavy atom. The molecule has 0 radical (unpaired) electrons. The fraction of sp³-hybridized carbons (Fsp3) is 0.567. The second-order valence-corrected chi connectivity index (χ2v) is 11.1. The fourth-order valence-corrected chi connectivity index (χ4v) is 6.26. The third-order valence-electron chi connectivity index (χ3n) is 8.20. The summed E-state index contributed by atoms with van der Waals surface area (Å²) in [5, 5.41) is 21.1. The highest BCUT2D eigenvalue weighted by Gasteiger charge is 2.42. The lowest BCUT2D eigenvalue weighted by atomic mass is 9.84. The van der Waals surface area contributed by atoms with Crippen molar-refractivity contribution >= 4 is 5.97 Å². The van der Waals surface area contributed by atoms with Gasteiger partial charge < -0.3 is 15.1 Å². The summed E-state index contributed by atoms with van der Waals surface area (Å²) in [7, 11) is 0. The van der Waals surface area contributed by atoms with E-state index in [1.807, 2.05) is 26.0 Å². The van der Waals surface area contributed by atoms with Gasteiger partial charge >= 0.3 is 5.97 Å². The molecule has 4 rings (SSSR count). The summed E-state index contributed by atoms with van der Waals surface area (Å²) in [6, 6.07) is 20.7. The van der Waals surface area contributed by atoms with Gasteiger partial charge in [-0.3, -0.25) is 9.69 Å². The number of benzene rings is 2. The zero-order valence-corrected chi connectivity index (χ0v) is 21.4. The zero-order valence-electron chi connectivity index (χ0n) is 21.4. The van der Waals surface area contributed by atoms with E-state index in [0.717, 1.165) is 64.8 Å². The quantitative estimate of drug-likeness (QED) is 0.520. The van der Waals surface area contributed by atoms with Crippen LogP contribution in [-0.4, -0.2) is 70.3 Å². The summed E-state index contributed by atoms with van der Waals surface area (Å²) in [6.45, 7) is 8.40. The Kier molecular flexibility index (Phi) is 8.64. The first-order valence-electron chi connectivity index (χ1n) is 13.3. The first kappa shape index (κ1) is 25.9. The van der Waals surface area contributed by atoms with Crippen LogP contribution in [0.15, 0.2) is 60.7 Å². The number of rotatable bonds is 10. The Morgan fingerprint density at radius 1 is 1.00 bits per heavy atom. The topological polar surface area (TPSA) is 64.0 Å². The number of likely N-dealkylation sites (tertiary alicyclic amines) is 2. The molecule has 2 aliphatic rings. The lowest BCUT2D eigenvalue weighted by Gasteiger charge is -2.40. The standard InChI is InChI=1S/C30H42N2O3/c1-23(2)28(29(33)34)32-21-26(27(22-32)25-13-7-4-8-14-25)20-31-18-16-30(35,17-19-31)15-9-12-24-10-5-3-6-11-24/h3-8,10-11,13-14,23,26-28,35H,9,12,15-22H2,1-2H3,(H,33,34). The van der Waals surface area contributed by atoms with Gasteiger partial charge in [-0.25, -0.2) is 0 Å². The van der Waals surface area contributed by atoms with Gasteiger partial charge in [0.25, 0.3) is 0 Å². The number of aliphatic carboxylic acids is 1. The van der Waals surface area contributed by atoms with Crippen molar-refractivity contribution in [3.8, 4) is 0 Å². The van der Waals surface area contributed by atoms with E-state index in [1.54, 1.807) is 0 Å². The number of nitrogens with zero attached hydrogens (tertiary/aromatic N) is 2. The van der Waals surface area contributed by atoms with Crippen LogP contribution in [0.2, 0.25) is 0 Å². The third kappa shape index (κ3) is 6.72. The number of hydrogen-bond acceptors (Lipinski definition) is 4. The lowest BCUT2D eigenvalue weighted by Crippen LogP contribution is -2.47. The maximum Gasteiger partial charge on any atom is 0.321 e. The number of carbonyl (C=O) groups is 1. The van der Waals surface area contributed by atoms with E-state index in [9.17, 15) is 15.0 Å². The molecule has 2 N–H and O–H groups in total. The van der Waals surface area contributed by atoms with E-state index >= 15 is 0 Å². The summed E-state index contributed by atoms with van der Waals surface area (Å²) < 4.78 is 0. The van der Waals surface area contributed by atoms with Gasteiger partial charge in [0.2, 0.25) is 0 Å². The van der Waals surface area contributed by atoms with Gasteiger partial charge in [-0.15, -0.1) is 0 Å². The van der Waals surface area contributed by atoms with Crippen molar-refractivity contribution in [2.24, 2.45) is 11.8 Å². The number of hydrogen-bond donors (Lipinski definition) is 2. The van der Waals surface area contributed by atoms with Crippen LogP contribution in [0.4, 0.5) is 0 Å². The van der Waals surface area contributed by atoms with Crippen LogP contribution in [0.3, 0.4) is 0 Å². The van der Waals surface area contributed by atoms with Crippen LogP contribution in [0.25, 0.3) is 0 Å². The maximum absolute atomic E-state index is 12.0. The van der Waals surface area contributed by atoms with E-state index in [4.69, 9.17) is 0 Å². The first-order valence-corrected chi connectivity index (χ1v) is 13.3. The van der Waals surface area contributed by atoms with Crippen LogP contribution in [-0.2, 0) is 11.2 Å². The molecule has 2 aromatic rings. The van der Waals surface area contributed by atoms with E-state index in [2.05, 4.69) is 58.3 Å². The molecule has 2 aliphatic heterocycles. The Morgan fingerprint density at radius 2 is 1.63 bits per heavy atom. The van der Waals surface area contributed by atoms with Crippen molar-refractivity contribution < 1.29 is 15.0 Å². The van der Waals surface area contributed by atoms with Crippen molar-refractivity contribution in [1.29, 1.82) is 0 Å². The Labute approximate surface area is 210 Å². The Balaban J connectivity index is 1.35. The third-order valence-corrected chi connectivity index (χ3v) is 8.20. The van der Waals surface area contributed by atoms with Gasteiger partial charge in [-0.05, 0) is 55.1 Å². The van der Waals surface area contributed by atoms with E-state index in [0.29, 0.717) is 11.8 Å². The molecule has 0 amide bonds. The zero-order chi connectivity index (χ0) is 24.8. The monoisotopic (exact) mass is 478 g/mol. The fourth-order valence-electron chi connectivity index (χ4n) is 6.26. The van der Waals surface area contributed by atoms with E-state index in [1.165, 1.54) is 11.1 Å². The van der Waals surface area contributed by atoms with Crippen LogP contribution >= 0.6 is 0 Å². The van der Waals surface area contributed by atoms with Crippen molar-refractivity contribution in [1.82, 2.24) is 9.80 Å². The van der Waals surface area contributed by atoms with Gasteiger partial charge in [0.1, 0.15) is 6.04 Å². The van der Waals surface area contributed by atoms with Crippen LogP contribution in [0.5, 0.6) is 0 Å². The number of carboxylic acids is 1. The average molecular weight is 479 g/mol. The van der Waals surface area contributed by atoms with Crippen LogP contribution < -0.4 is 0 Å². The Bertz CT molecular complexity index is 925. The molecule has 190 valence electrons. The van der Waals surface area contributed by atoms with Gasteiger partial charge in [-0.1, -0.05) is 74.5 Å². The van der Waals surface area contributed by atoms with Crippen molar-refractivity contribution in [3.63, 3.8) is 0 Å². The van der Waals surface area contributed by atoms with Gasteiger partial charge in [0.15, 0.2) is 0 Å². The van der Waals surface area contributed by atoms with Crippen molar-refractivity contribution in [3.05, 3.63) is 71.8 Å². The highest BCUT2D eigenvalue weighted by molar-refractivity contribution is 5.73. The van der Waals surface area contributed by atoms with E-state index < -0.39 is 17.6 Å². The van der Waals surface area contributed by atoms with E-state index in [-0.39, 0.29) is 5.92 Å². The molecule has 0 aromatic heterocycles. The second-order valence-electron chi connectivity index (χ2n) is 11.1. The first-order chi connectivity index (χ1) is 16.8. The predicted molar refractivity (Wildman–Crippen MR) is 141 cm³/mol. The molecule has 0 saturated carbocycles. The highest BCUT2D eigenvalue weighted by Crippen LogP contribution is 2.37. The van der Waals surface area contributed by atoms with Crippen LogP contribution in [0.1, 0.15) is 56.6 Å². The molecule has 0 aliphatic carbocycles. The summed E-state index contributed by atoms with van der Waals surface area (Å²) in [5.41, 5.74) is 2.09. The molecule has 35 heavy (non-hydrogen) atoms. The molecule has 5 nitrogen and oxygen atoms in total. The smallest absolute Gasteiger partial charge is 0.321 e. The summed E-state index contributed by atoms with van der Waals surface area (Å²) in [6.07, 6.45) is 4.52. The lowest BCUT2D eigenvalue weighted by molar-refractivity contribution is -0.144. The van der Waals surface area contributed by atoms with Gasteiger partial charge in [0.05, 0.1) is 5.60 Å². The molecule has 0 spiro atoms. The van der Waals surface area contributed by atoms with Gasteiger partial charge in [0, 0.05) is 38.6 Å².